The van der Waals surface area contributed by atoms with Crippen LogP contribution in [0.1, 0.15) is 24.2 Å². The highest BCUT2D eigenvalue weighted by atomic mass is 19.1. The molecule has 5 nitrogen and oxygen atoms in total. The third kappa shape index (κ3) is 3.32. The number of carbonyl (C=O) groups excluding carboxylic acids is 1. The molecule has 0 radical (unpaired) electrons. The van der Waals surface area contributed by atoms with Crippen LogP contribution in [-0.4, -0.2) is 32.8 Å². The molecule has 0 bridgehead atoms. The molecule has 1 amide bonds. The smallest absolute Gasteiger partial charge is 0.237 e. The molecule has 6 heteroatoms. The fourth-order valence-electron chi connectivity index (χ4n) is 3.57. The van der Waals surface area contributed by atoms with E-state index >= 15 is 0 Å². The van der Waals surface area contributed by atoms with E-state index in [4.69, 9.17) is 0 Å². The highest BCUT2D eigenvalue weighted by molar-refractivity contribution is 5.82. The second kappa shape index (κ2) is 7.25. The van der Waals surface area contributed by atoms with Crippen LogP contribution in [0.5, 0.6) is 0 Å². The third-order valence-electron chi connectivity index (χ3n) is 4.93. The predicted octanol–water partition coefficient (Wildman–Crippen LogP) is 2.75. The van der Waals surface area contributed by atoms with Gasteiger partial charge in [0.15, 0.2) is 0 Å². The zero-order chi connectivity index (χ0) is 17.9. The molecule has 4 rings (SSSR count). The Labute approximate surface area is 151 Å². The van der Waals surface area contributed by atoms with Crippen molar-refractivity contribution in [3.63, 3.8) is 0 Å². The van der Waals surface area contributed by atoms with Gasteiger partial charge in [-0.15, -0.1) is 0 Å². The highest BCUT2D eigenvalue weighted by Crippen LogP contribution is 2.21. The average molecular weight is 352 g/mol. The number of nitrogens with one attached hydrogen (secondary N) is 1. The average Bonchev–Trinajstić information content (AvgIpc) is 3.29. The first-order valence-corrected chi connectivity index (χ1v) is 8.88. The Balaban J connectivity index is 1.41. The largest absolute Gasteiger partial charge is 0.347 e. The van der Waals surface area contributed by atoms with Gasteiger partial charge in [0, 0.05) is 18.3 Å². The van der Waals surface area contributed by atoms with Crippen LogP contribution in [0.2, 0.25) is 0 Å². The molecule has 3 aromatic rings. The van der Waals surface area contributed by atoms with Crippen LogP contribution in [0, 0.1) is 5.82 Å². The van der Waals surface area contributed by atoms with Crippen molar-refractivity contribution in [2.24, 2.45) is 0 Å². The summed E-state index contributed by atoms with van der Waals surface area (Å²) in [6.07, 6.45) is 5.47. The first kappa shape index (κ1) is 16.7. The molecule has 1 aliphatic rings. The number of benzene rings is 1. The first-order chi connectivity index (χ1) is 12.7. The summed E-state index contributed by atoms with van der Waals surface area (Å²) in [5.74, 6) is 0.557. The van der Waals surface area contributed by atoms with E-state index in [0.717, 1.165) is 30.7 Å². The number of imidazole rings is 1. The van der Waals surface area contributed by atoms with Gasteiger partial charge in [-0.25, -0.2) is 9.37 Å². The maximum Gasteiger partial charge on any atom is 0.237 e. The molecule has 3 heterocycles. The molecule has 1 fully saturated rings. The second-order valence-electron chi connectivity index (χ2n) is 6.61. The Morgan fingerprint density at radius 2 is 2.08 bits per heavy atom. The lowest BCUT2D eigenvalue weighted by Gasteiger charge is -2.23. The van der Waals surface area contributed by atoms with Crippen LogP contribution >= 0.6 is 0 Å². The highest BCUT2D eigenvalue weighted by Gasteiger charge is 2.31. The van der Waals surface area contributed by atoms with Gasteiger partial charge in [-0.3, -0.25) is 9.69 Å². The third-order valence-corrected chi connectivity index (χ3v) is 4.93. The van der Waals surface area contributed by atoms with E-state index in [1.165, 1.54) is 6.07 Å². The summed E-state index contributed by atoms with van der Waals surface area (Å²) in [5.41, 5.74) is 1.63. The lowest BCUT2D eigenvalue weighted by atomic mass is 10.1. The minimum Gasteiger partial charge on any atom is -0.347 e. The minimum absolute atomic E-state index is 0.0217. The van der Waals surface area contributed by atoms with E-state index in [0.29, 0.717) is 18.7 Å². The van der Waals surface area contributed by atoms with E-state index in [1.54, 1.807) is 18.3 Å². The lowest BCUT2D eigenvalue weighted by Crippen LogP contribution is -2.42. The summed E-state index contributed by atoms with van der Waals surface area (Å²) < 4.78 is 15.9. The van der Waals surface area contributed by atoms with Crippen molar-refractivity contribution >= 4 is 11.4 Å². The van der Waals surface area contributed by atoms with Crippen molar-refractivity contribution in [1.29, 1.82) is 0 Å². The molecule has 0 aliphatic carbocycles. The number of likely N-dealkylation sites (tertiary alicyclic amines) is 1. The zero-order valence-electron chi connectivity index (χ0n) is 14.4. The molecule has 0 spiro atoms. The molecule has 26 heavy (non-hydrogen) atoms. The number of rotatable bonds is 5. The maximum absolute atomic E-state index is 13.9. The van der Waals surface area contributed by atoms with Gasteiger partial charge in [-0.1, -0.05) is 24.3 Å². The molecular formula is C20H21FN4O. The lowest BCUT2D eigenvalue weighted by molar-refractivity contribution is -0.125. The fourth-order valence-corrected chi connectivity index (χ4v) is 3.57. The van der Waals surface area contributed by atoms with E-state index in [-0.39, 0.29) is 17.8 Å². The van der Waals surface area contributed by atoms with E-state index < -0.39 is 0 Å². The topological polar surface area (TPSA) is 49.6 Å². The van der Waals surface area contributed by atoms with Crippen molar-refractivity contribution < 1.29 is 9.18 Å². The molecule has 1 unspecified atom stereocenters. The van der Waals surface area contributed by atoms with Gasteiger partial charge in [0.1, 0.15) is 11.6 Å². The Morgan fingerprint density at radius 3 is 2.96 bits per heavy atom. The molecule has 1 aliphatic heterocycles. The molecular weight excluding hydrogens is 331 g/mol. The van der Waals surface area contributed by atoms with Crippen LogP contribution in [0.4, 0.5) is 4.39 Å². The number of pyridine rings is 1. The molecule has 1 aromatic carbocycles. The molecule has 1 N–H and O–H groups in total. The van der Waals surface area contributed by atoms with Crippen molar-refractivity contribution in [1.82, 2.24) is 19.6 Å². The Bertz CT molecular complexity index is 923. The Morgan fingerprint density at radius 1 is 1.23 bits per heavy atom. The maximum atomic E-state index is 13.9. The number of carbonyl (C=O) groups is 1. The number of amides is 1. The standard InChI is InChI=1S/C20H21FN4O/c21-17-8-2-1-6-15(17)14-24-10-5-9-18(24)20(26)23-13-19-22-12-16-7-3-4-11-25(16)19/h1-4,6-8,11-12,18H,5,9-10,13-14H2,(H,23,26). The molecule has 0 saturated carbocycles. The number of halogens is 1. The molecule has 2 aromatic heterocycles. The quantitative estimate of drug-likeness (QED) is 0.768. The van der Waals surface area contributed by atoms with Crippen molar-refractivity contribution in [3.8, 4) is 0 Å². The number of fused-ring (bicyclic) bond motifs is 1. The number of hydrogen-bond acceptors (Lipinski definition) is 3. The predicted molar refractivity (Wildman–Crippen MR) is 96.9 cm³/mol. The van der Waals surface area contributed by atoms with Gasteiger partial charge in [0.05, 0.1) is 24.3 Å². The van der Waals surface area contributed by atoms with E-state index in [2.05, 4.69) is 15.2 Å². The van der Waals surface area contributed by atoms with Crippen LogP contribution in [0.15, 0.2) is 54.9 Å². The van der Waals surface area contributed by atoms with Gasteiger partial charge < -0.3 is 9.72 Å². The van der Waals surface area contributed by atoms with Crippen molar-refractivity contribution in [3.05, 3.63) is 72.1 Å². The van der Waals surface area contributed by atoms with Crippen molar-refractivity contribution in [2.45, 2.75) is 32.0 Å². The van der Waals surface area contributed by atoms with Crippen LogP contribution in [0.3, 0.4) is 0 Å². The minimum atomic E-state index is -0.221. The molecule has 1 atom stereocenters. The fraction of sp³-hybridized carbons (Fsp3) is 0.300. The van der Waals surface area contributed by atoms with Gasteiger partial charge >= 0.3 is 0 Å². The normalized spacial score (nSPS) is 17.7. The summed E-state index contributed by atoms with van der Waals surface area (Å²) in [5, 5.41) is 2.99. The monoisotopic (exact) mass is 352 g/mol. The van der Waals surface area contributed by atoms with Crippen LogP contribution in [-0.2, 0) is 17.9 Å². The van der Waals surface area contributed by atoms with E-state index in [9.17, 15) is 9.18 Å². The number of nitrogens with zero attached hydrogens (tertiary/aromatic N) is 3. The molecule has 134 valence electrons. The first-order valence-electron chi connectivity index (χ1n) is 8.88. The summed E-state index contributed by atoms with van der Waals surface area (Å²) in [7, 11) is 0. The number of aromatic nitrogens is 2. The summed E-state index contributed by atoms with van der Waals surface area (Å²) in [6.45, 7) is 1.64. The Kier molecular flexibility index (Phi) is 4.67. The second-order valence-corrected chi connectivity index (χ2v) is 6.61. The Hall–Kier alpha value is -2.73. The van der Waals surface area contributed by atoms with Crippen molar-refractivity contribution in [2.75, 3.05) is 6.54 Å². The van der Waals surface area contributed by atoms with Crippen LogP contribution in [0.25, 0.3) is 5.52 Å². The van der Waals surface area contributed by atoms with Gasteiger partial charge in [0.25, 0.3) is 0 Å². The summed E-state index contributed by atoms with van der Waals surface area (Å²) >= 11 is 0. The van der Waals surface area contributed by atoms with Gasteiger partial charge in [-0.05, 0) is 37.6 Å². The SMILES string of the molecule is O=C(NCc1ncc2ccccn12)C1CCCN1Cc1ccccc1F. The summed E-state index contributed by atoms with van der Waals surface area (Å²) in [4.78, 5) is 19.1. The zero-order valence-corrected chi connectivity index (χ0v) is 14.4. The summed E-state index contributed by atoms with van der Waals surface area (Å²) in [6, 6.07) is 12.4. The van der Waals surface area contributed by atoms with Crippen LogP contribution < -0.4 is 5.32 Å². The van der Waals surface area contributed by atoms with E-state index in [1.807, 2.05) is 34.9 Å². The molecule has 1 saturated heterocycles. The van der Waals surface area contributed by atoms with Gasteiger partial charge in [0.2, 0.25) is 5.91 Å². The number of hydrogen-bond donors (Lipinski definition) is 1. The van der Waals surface area contributed by atoms with Gasteiger partial charge in [-0.2, -0.15) is 0 Å².